The largest absolute Gasteiger partial charge is 0.493 e. The molecule has 0 saturated carbocycles. The minimum absolute atomic E-state index is 0.0796. The van der Waals surface area contributed by atoms with Gasteiger partial charge < -0.3 is 15.6 Å². The summed E-state index contributed by atoms with van der Waals surface area (Å²) in [7, 11) is 0. The number of hydrogen-bond acceptors (Lipinski definition) is 3. The Labute approximate surface area is 105 Å². The second kappa shape index (κ2) is 5.51. The summed E-state index contributed by atoms with van der Waals surface area (Å²) in [6, 6.07) is 11.0. The number of aliphatic hydroxyl groups is 1. The number of rotatable bonds is 5. The fourth-order valence-corrected chi connectivity index (χ4v) is 1.82. The van der Waals surface area contributed by atoms with E-state index in [0.29, 0.717) is 24.3 Å². The van der Waals surface area contributed by atoms with Gasteiger partial charge in [0.1, 0.15) is 5.75 Å². The van der Waals surface area contributed by atoms with Crippen molar-refractivity contribution in [1.29, 1.82) is 0 Å². The summed E-state index contributed by atoms with van der Waals surface area (Å²) in [6.45, 7) is 0.489. The minimum Gasteiger partial charge on any atom is -0.493 e. The van der Waals surface area contributed by atoms with Gasteiger partial charge in [-0.1, -0.05) is 24.3 Å². The van der Waals surface area contributed by atoms with Crippen LogP contribution in [-0.4, -0.2) is 24.2 Å². The first kappa shape index (κ1) is 12.4. The van der Waals surface area contributed by atoms with Crippen molar-refractivity contribution < 1.29 is 14.6 Å². The van der Waals surface area contributed by atoms with Crippen molar-refractivity contribution in [2.24, 2.45) is 5.73 Å². The van der Waals surface area contributed by atoms with Crippen LogP contribution in [0.25, 0.3) is 10.8 Å². The lowest BCUT2D eigenvalue weighted by Gasteiger charge is -2.09. The van der Waals surface area contributed by atoms with Gasteiger partial charge in [-0.2, -0.15) is 0 Å². The third kappa shape index (κ3) is 2.60. The van der Waals surface area contributed by atoms with E-state index in [0.717, 1.165) is 10.8 Å². The lowest BCUT2D eigenvalue weighted by molar-refractivity contribution is 0.100. The zero-order chi connectivity index (χ0) is 13.0. The van der Waals surface area contributed by atoms with Crippen LogP contribution in [0.4, 0.5) is 0 Å². The summed E-state index contributed by atoms with van der Waals surface area (Å²) in [6.07, 6.45) is 0.554. The average Bonchev–Trinajstić information content (AvgIpc) is 2.38. The zero-order valence-corrected chi connectivity index (χ0v) is 9.93. The number of benzene rings is 2. The molecule has 0 saturated heterocycles. The van der Waals surface area contributed by atoms with Gasteiger partial charge in [0.05, 0.1) is 12.2 Å². The lowest BCUT2D eigenvalue weighted by atomic mass is 10.0. The van der Waals surface area contributed by atoms with Gasteiger partial charge in [0.15, 0.2) is 0 Å². The smallest absolute Gasteiger partial charge is 0.249 e. The number of nitrogens with two attached hydrogens (primary N) is 1. The first-order chi connectivity index (χ1) is 8.72. The van der Waals surface area contributed by atoms with E-state index in [-0.39, 0.29) is 6.61 Å². The van der Waals surface area contributed by atoms with Gasteiger partial charge >= 0.3 is 0 Å². The molecule has 0 aliphatic rings. The monoisotopic (exact) mass is 245 g/mol. The minimum atomic E-state index is -0.473. The Bertz CT molecular complexity index is 566. The summed E-state index contributed by atoms with van der Waals surface area (Å²) in [5.41, 5.74) is 5.82. The molecule has 4 heteroatoms. The summed E-state index contributed by atoms with van der Waals surface area (Å²) in [4.78, 5) is 11.4. The van der Waals surface area contributed by atoms with E-state index in [1.165, 1.54) is 0 Å². The lowest BCUT2D eigenvalue weighted by Crippen LogP contribution is -2.12. The molecule has 0 heterocycles. The predicted molar refractivity (Wildman–Crippen MR) is 69.7 cm³/mol. The molecule has 0 fully saturated rings. The Kier molecular flexibility index (Phi) is 3.79. The molecular weight excluding hydrogens is 230 g/mol. The van der Waals surface area contributed by atoms with Crippen LogP contribution in [0, 0.1) is 0 Å². The molecule has 1 amide bonds. The Morgan fingerprint density at radius 2 is 2.06 bits per heavy atom. The zero-order valence-electron chi connectivity index (χ0n) is 9.93. The van der Waals surface area contributed by atoms with E-state index in [4.69, 9.17) is 15.6 Å². The highest BCUT2D eigenvalue weighted by atomic mass is 16.5. The second-order valence-electron chi connectivity index (χ2n) is 3.98. The number of aliphatic hydroxyl groups excluding tert-OH is 1. The number of ether oxygens (including phenoxy) is 1. The van der Waals surface area contributed by atoms with E-state index in [9.17, 15) is 4.79 Å². The van der Waals surface area contributed by atoms with E-state index in [1.54, 1.807) is 6.07 Å². The van der Waals surface area contributed by atoms with Crippen molar-refractivity contribution in [2.75, 3.05) is 13.2 Å². The van der Waals surface area contributed by atoms with Crippen molar-refractivity contribution in [3.63, 3.8) is 0 Å². The fraction of sp³-hybridized carbons (Fsp3) is 0.214. The standard InChI is InChI=1S/C14H15NO3/c15-14(17)13-9-11(18-7-3-6-16)8-10-4-1-2-5-12(10)13/h1-2,4-5,8-9,16H,3,6-7H2,(H2,15,17). The summed E-state index contributed by atoms with van der Waals surface area (Å²) in [5.74, 6) is 0.120. The first-order valence-electron chi connectivity index (χ1n) is 5.78. The number of primary amides is 1. The van der Waals surface area contributed by atoms with Crippen LogP contribution in [0.2, 0.25) is 0 Å². The van der Waals surface area contributed by atoms with E-state index in [1.807, 2.05) is 30.3 Å². The molecule has 4 nitrogen and oxygen atoms in total. The van der Waals surface area contributed by atoms with Crippen molar-refractivity contribution in [3.8, 4) is 5.75 Å². The first-order valence-corrected chi connectivity index (χ1v) is 5.78. The Hall–Kier alpha value is -2.07. The van der Waals surface area contributed by atoms with Crippen LogP contribution in [-0.2, 0) is 0 Å². The molecule has 2 rings (SSSR count). The van der Waals surface area contributed by atoms with Crippen molar-refractivity contribution in [2.45, 2.75) is 6.42 Å². The normalized spacial score (nSPS) is 10.5. The molecule has 0 aliphatic heterocycles. The Balaban J connectivity index is 2.41. The van der Waals surface area contributed by atoms with Crippen LogP contribution in [0.3, 0.4) is 0 Å². The highest BCUT2D eigenvalue weighted by Crippen LogP contribution is 2.25. The molecular formula is C14H15NO3. The maximum Gasteiger partial charge on any atom is 0.249 e. The molecule has 0 bridgehead atoms. The molecule has 2 aromatic carbocycles. The van der Waals surface area contributed by atoms with Gasteiger partial charge in [0.2, 0.25) is 5.91 Å². The number of carbonyl (C=O) groups is 1. The molecule has 3 N–H and O–H groups in total. The van der Waals surface area contributed by atoms with E-state index >= 15 is 0 Å². The SMILES string of the molecule is NC(=O)c1cc(OCCCO)cc2ccccc12. The molecule has 0 atom stereocenters. The number of carbonyl (C=O) groups excluding carboxylic acids is 1. The van der Waals surface area contributed by atoms with Crippen LogP contribution in [0.1, 0.15) is 16.8 Å². The second-order valence-corrected chi connectivity index (χ2v) is 3.98. The van der Waals surface area contributed by atoms with E-state index in [2.05, 4.69) is 0 Å². The van der Waals surface area contributed by atoms with Gasteiger partial charge in [-0.05, 0) is 22.9 Å². The summed E-state index contributed by atoms with van der Waals surface area (Å²) >= 11 is 0. The molecule has 2 aromatic rings. The van der Waals surface area contributed by atoms with Gasteiger partial charge in [0.25, 0.3) is 0 Å². The Morgan fingerprint density at radius 3 is 2.78 bits per heavy atom. The molecule has 0 radical (unpaired) electrons. The fourth-order valence-electron chi connectivity index (χ4n) is 1.82. The maximum atomic E-state index is 11.4. The van der Waals surface area contributed by atoms with Crippen molar-refractivity contribution >= 4 is 16.7 Å². The van der Waals surface area contributed by atoms with E-state index < -0.39 is 5.91 Å². The summed E-state index contributed by atoms with van der Waals surface area (Å²) in [5, 5.41) is 10.4. The van der Waals surface area contributed by atoms with Crippen molar-refractivity contribution in [1.82, 2.24) is 0 Å². The topological polar surface area (TPSA) is 72.6 Å². The molecule has 0 aromatic heterocycles. The van der Waals surface area contributed by atoms with Crippen LogP contribution in [0.5, 0.6) is 5.75 Å². The Morgan fingerprint density at radius 1 is 1.28 bits per heavy atom. The van der Waals surface area contributed by atoms with Gasteiger partial charge in [0, 0.05) is 13.0 Å². The quantitative estimate of drug-likeness (QED) is 0.787. The summed E-state index contributed by atoms with van der Waals surface area (Å²) < 4.78 is 5.48. The third-order valence-corrected chi connectivity index (χ3v) is 2.67. The number of amides is 1. The van der Waals surface area contributed by atoms with Crippen LogP contribution >= 0.6 is 0 Å². The maximum absolute atomic E-state index is 11.4. The molecule has 0 spiro atoms. The number of hydrogen-bond donors (Lipinski definition) is 2. The molecule has 94 valence electrons. The molecule has 18 heavy (non-hydrogen) atoms. The predicted octanol–water partition coefficient (Wildman–Crippen LogP) is 1.70. The van der Waals surface area contributed by atoms with Crippen LogP contribution in [0.15, 0.2) is 36.4 Å². The third-order valence-electron chi connectivity index (χ3n) is 2.67. The highest BCUT2D eigenvalue weighted by molar-refractivity contribution is 6.07. The highest BCUT2D eigenvalue weighted by Gasteiger charge is 2.09. The number of fused-ring (bicyclic) bond motifs is 1. The van der Waals surface area contributed by atoms with Gasteiger partial charge in [-0.15, -0.1) is 0 Å². The molecule has 0 unspecified atom stereocenters. The van der Waals surface area contributed by atoms with Gasteiger partial charge in [-0.25, -0.2) is 0 Å². The van der Waals surface area contributed by atoms with Gasteiger partial charge in [-0.3, -0.25) is 4.79 Å². The molecule has 0 aliphatic carbocycles. The van der Waals surface area contributed by atoms with Crippen LogP contribution < -0.4 is 10.5 Å². The average molecular weight is 245 g/mol. The van der Waals surface area contributed by atoms with Crippen molar-refractivity contribution in [3.05, 3.63) is 42.0 Å².